The molecule has 2 aliphatic rings. The van der Waals surface area contributed by atoms with Crippen LogP contribution in [0.3, 0.4) is 0 Å². The van der Waals surface area contributed by atoms with E-state index >= 15 is 0 Å². The average Bonchev–Trinajstić information content (AvgIpc) is 3.14. The average molecular weight is 369 g/mol. The van der Waals surface area contributed by atoms with E-state index in [0.29, 0.717) is 17.5 Å². The van der Waals surface area contributed by atoms with Crippen LogP contribution in [0.4, 0.5) is 8.78 Å². The first-order chi connectivity index (χ1) is 13.0. The Morgan fingerprint density at radius 1 is 1.22 bits per heavy atom. The molecule has 2 unspecified atom stereocenters. The minimum absolute atomic E-state index is 0.0530. The molecule has 0 fully saturated rings. The van der Waals surface area contributed by atoms with Gasteiger partial charge in [-0.3, -0.25) is 4.79 Å². The maximum Gasteiger partial charge on any atom is 0.387 e. The summed E-state index contributed by atoms with van der Waals surface area (Å²) in [5, 5.41) is 0. The van der Waals surface area contributed by atoms with Crippen LogP contribution >= 0.6 is 0 Å². The highest BCUT2D eigenvalue weighted by molar-refractivity contribution is 5.97. The second-order valence-corrected chi connectivity index (χ2v) is 7.11. The van der Waals surface area contributed by atoms with Crippen molar-refractivity contribution in [2.75, 3.05) is 7.05 Å². The molecule has 3 aromatic rings. The number of aryl methyl sites for hydroxylation is 1. The van der Waals surface area contributed by atoms with E-state index in [9.17, 15) is 13.6 Å². The van der Waals surface area contributed by atoms with E-state index in [-0.39, 0.29) is 23.7 Å². The fourth-order valence-electron chi connectivity index (χ4n) is 4.39. The van der Waals surface area contributed by atoms with Crippen LogP contribution in [0.5, 0.6) is 5.75 Å². The van der Waals surface area contributed by atoms with Crippen molar-refractivity contribution in [1.82, 2.24) is 14.5 Å². The number of aromatic nitrogens is 2. The zero-order valence-corrected chi connectivity index (χ0v) is 14.8. The maximum absolute atomic E-state index is 13.0. The van der Waals surface area contributed by atoms with Crippen LogP contribution in [0.1, 0.15) is 45.8 Å². The summed E-state index contributed by atoms with van der Waals surface area (Å²) >= 11 is 0. The number of benzene rings is 2. The highest BCUT2D eigenvalue weighted by atomic mass is 19.3. The molecule has 0 aliphatic carbocycles. The molecule has 3 heterocycles. The Morgan fingerprint density at radius 2 is 2.04 bits per heavy atom. The third-order valence-corrected chi connectivity index (χ3v) is 5.56. The van der Waals surface area contributed by atoms with E-state index in [1.165, 1.54) is 6.07 Å². The lowest BCUT2D eigenvalue weighted by Crippen LogP contribution is -2.30. The third kappa shape index (κ3) is 2.20. The second kappa shape index (κ2) is 5.52. The fourth-order valence-corrected chi connectivity index (χ4v) is 4.39. The van der Waals surface area contributed by atoms with Crippen LogP contribution < -0.4 is 4.74 Å². The van der Waals surface area contributed by atoms with Crippen LogP contribution in [0.25, 0.3) is 11.0 Å². The summed E-state index contributed by atoms with van der Waals surface area (Å²) in [5.74, 6) is 0.637. The van der Waals surface area contributed by atoms with Gasteiger partial charge in [-0.25, -0.2) is 4.98 Å². The molecule has 7 heteroatoms. The van der Waals surface area contributed by atoms with E-state index in [1.807, 2.05) is 25.1 Å². The SMILES string of the molecule is Cc1ccc2nc3n(c2c1)C1CC3N(C)C(=O)c2cccc(OC(F)F)c21. The molecule has 0 N–H and O–H groups in total. The van der Waals surface area contributed by atoms with Crippen LogP contribution in [0, 0.1) is 6.92 Å². The van der Waals surface area contributed by atoms with Crippen LogP contribution in [-0.2, 0) is 0 Å². The Kier molecular flexibility index (Phi) is 3.32. The van der Waals surface area contributed by atoms with Crippen LogP contribution in [0.15, 0.2) is 36.4 Å². The Morgan fingerprint density at radius 3 is 2.81 bits per heavy atom. The first-order valence-electron chi connectivity index (χ1n) is 8.79. The first-order valence-corrected chi connectivity index (χ1v) is 8.79. The van der Waals surface area contributed by atoms with Gasteiger partial charge in [0.2, 0.25) is 0 Å². The summed E-state index contributed by atoms with van der Waals surface area (Å²) in [7, 11) is 1.74. The van der Waals surface area contributed by atoms with Crippen molar-refractivity contribution < 1.29 is 18.3 Å². The zero-order valence-electron chi connectivity index (χ0n) is 14.8. The molecule has 0 spiro atoms. The quantitative estimate of drug-likeness (QED) is 0.684. The van der Waals surface area contributed by atoms with Crippen molar-refractivity contribution in [1.29, 1.82) is 0 Å². The monoisotopic (exact) mass is 369 g/mol. The third-order valence-electron chi connectivity index (χ3n) is 5.56. The lowest BCUT2D eigenvalue weighted by Gasteiger charge is -2.24. The number of hydrogen-bond acceptors (Lipinski definition) is 3. The van der Waals surface area contributed by atoms with Crippen LogP contribution in [-0.4, -0.2) is 34.0 Å². The van der Waals surface area contributed by atoms with Gasteiger partial charge in [0.05, 0.1) is 23.1 Å². The van der Waals surface area contributed by atoms with Gasteiger partial charge in [-0.2, -0.15) is 8.78 Å². The molecule has 0 saturated carbocycles. The summed E-state index contributed by atoms with van der Waals surface area (Å²) in [6, 6.07) is 10.3. The van der Waals surface area contributed by atoms with E-state index in [4.69, 9.17) is 9.72 Å². The number of amides is 1. The summed E-state index contributed by atoms with van der Waals surface area (Å²) in [5.41, 5.74) is 3.78. The van der Waals surface area contributed by atoms with Gasteiger partial charge in [-0.05, 0) is 36.8 Å². The second-order valence-electron chi connectivity index (χ2n) is 7.11. The maximum atomic E-state index is 13.0. The Balaban J connectivity index is 1.82. The predicted octanol–water partition coefficient (Wildman–Crippen LogP) is 4.07. The lowest BCUT2D eigenvalue weighted by molar-refractivity contribution is -0.0507. The Hall–Kier alpha value is -2.96. The molecule has 1 aromatic heterocycles. The number of alkyl halides is 2. The van der Waals surface area contributed by atoms with Crippen LogP contribution in [0.2, 0.25) is 0 Å². The van der Waals surface area contributed by atoms with Gasteiger partial charge in [0.15, 0.2) is 0 Å². The summed E-state index contributed by atoms with van der Waals surface area (Å²) in [6.45, 7) is -0.951. The van der Waals surface area contributed by atoms with E-state index in [1.54, 1.807) is 24.1 Å². The predicted molar refractivity (Wildman–Crippen MR) is 95.1 cm³/mol. The molecule has 2 bridgehead atoms. The van der Waals surface area contributed by atoms with Crippen molar-refractivity contribution in [3.63, 3.8) is 0 Å². The first kappa shape index (κ1) is 16.2. The van der Waals surface area contributed by atoms with Crippen molar-refractivity contribution in [2.24, 2.45) is 0 Å². The Labute approximate surface area is 154 Å². The standard InChI is InChI=1S/C20H17F2N3O2/c1-10-6-7-12-13(8-10)25-14-9-15(18(25)23-12)24(2)19(26)11-4-3-5-16(17(11)14)27-20(21)22/h3-8,14-15,20H,9H2,1-2H3. The van der Waals surface area contributed by atoms with Gasteiger partial charge >= 0.3 is 6.61 Å². The number of carbonyl (C=O) groups excluding carboxylic acids is 1. The van der Waals surface area contributed by atoms with E-state index in [0.717, 1.165) is 22.4 Å². The number of hydrogen-bond donors (Lipinski definition) is 0. The van der Waals surface area contributed by atoms with E-state index in [2.05, 4.69) is 4.57 Å². The molecule has 5 rings (SSSR count). The zero-order chi connectivity index (χ0) is 18.9. The molecule has 5 nitrogen and oxygen atoms in total. The largest absolute Gasteiger partial charge is 0.434 e. The summed E-state index contributed by atoms with van der Waals surface area (Å²) in [6.07, 6.45) is 0.588. The van der Waals surface area contributed by atoms with E-state index < -0.39 is 6.61 Å². The molecule has 2 aliphatic heterocycles. The Bertz CT molecular complexity index is 1090. The van der Waals surface area contributed by atoms with Gasteiger partial charge in [0.25, 0.3) is 5.91 Å². The topological polar surface area (TPSA) is 47.4 Å². The van der Waals surface area contributed by atoms with Crippen molar-refractivity contribution >= 4 is 16.9 Å². The molecule has 27 heavy (non-hydrogen) atoms. The lowest BCUT2D eigenvalue weighted by atomic mass is 9.97. The van der Waals surface area contributed by atoms with Gasteiger partial charge in [-0.15, -0.1) is 0 Å². The smallest absolute Gasteiger partial charge is 0.387 e. The molecular formula is C20H17F2N3O2. The van der Waals surface area contributed by atoms with Gasteiger partial charge in [0.1, 0.15) is 11.6 Å². The molecule has 138 valence electrons. The van der Waals surface area contributed by atoms with Gasteiger partial charge < -0.3 is 14.2 Å². The molecule has 0 radical (unpaired) electrons. The van der Waals surface area contributed by atoms with Gasteiger partial charge in [0, 0.05) is 24.6 Å². The number of ether oxygens (including phenoxy) is 1. The number of rotatable bonds is 2. The van der Waals surface area contributed by atoms with Crippen molar-refractivity contribution in [2.45, 2.75) is 32.0 Å². The number of nitrogens with zero attached hydrogens (tertiary/aromatic N) is 3. The number of imidazole rings is 1. The molecule has 2 aromatic carbocycles. The number of fused-ring (bicyclic) bond motifs is 9. The molecule has 2 atom stereocenters. The molecular weight excluding hydrogens is 352 g/mol. The molecule has 1 amide bonds. The van der Waals surface area contributed by atoms with Crippen molar-refractivity contribution in [3.8, 4) is 5.75 Å². The number of carbonyl (C=O) groups is 1. The highest BCUT2D eigenvalue weighted by Gasteiger charge is 2.44. The summed E-state index contributed by atoms with van der Waals surface area (Å²) < 4.78 is 32.9. The molecule has 0 saturated heterocycles. The minimum atomic E-state index is -2.95. The highest BCUT2D eigenvalue weighted by Crippen LogP contribution is 2.49. The fraction of sp³-hybridized carbons (Fsp3) is 0.300. The number of halogens is 2. The van der Waals surface area contributed by atoms with Gasteiger partial charge in [-0.1, -0.05) is 12.1 Å². The van der Waals surface area contributed by atoms with Crippen molar-refractivity contribution in [3.05, 3.63) is 58.9 Å². The normalized spacial score (nSPS) is 20.8. The summed E-state index contributed by atoms with van der Waals surface area (Å²) in [4.78, 5) is 19.4. The minimum Gasteiger partial charge on any atom is -0.434 e.